The van der Waals surface area contributed by atoms with Gasteiger partial charge in [-0.05, 0) is 29.3 Å². The summed E-state index contributed by atoms with van der Waals surface area (Å²) in [5.41, 5.74) is 4.39. The van der Waals surface area contributed by atoms with Crippen molar-refractivity contribution in [3.8, 4) is 22.5 Å². The van der Waals surface area contributed by atoms with E-state index < -0.39 is 0 Å². The average Bonchev–Trinajstić information content (AvgIpc) is 2.99. The lowest BCUT2D eigenvalue weighted by Crippen LogP contribution is -1.80. The molecule has 0 fully saturated rings. The van der Waals surface area contributed by atoms with Crippen LogP contribution in [0.2, 0.25) is 0 Å². The molecule has 3 aromatic carbocycles. The van der Waals surface area contributed by atoms with Crippen molar-refractivity contribution < 1.29 is 4.42 Å². The quantitative estimate of drug-likeness (QED) is 0.401. The van der Waals surface area contributed by atoms with E-state index in [1.807, 2.05) is 30.3 Å². The van der Waals surface area contributed by atoms with E-state index in [9.17, 15) is 0 Å². The van der Waals surface area contributed by atoms with Gasteiger partial charge in [-0.15, -0.1) is 0 Å². The van der Waals surface area contributed by atoms with Gasteiger partial charge in [-0.3, -0.25) is 0 Å². The molecule has 0 aliphatic heterocycles. The summed E-state index contributed by atoms with van der Waals surface area (Å²) in [5, 5.41) is 1.13. The summed E-state index contributed by atoms with van der Waals surface area (Å²) >= 11 is 3.60. The zero-order chi connectivity index (χ0) is 14.9. The third-order valence-corrected chi connectivity index (χ3v) is 4.47. The number of para-hydroxylation sites is 1. The fourth-order valence-corrected chi connectivity index (χ4v) is 3.15. The van der Waals surface area contributed by atoms with Crippen molar-refractivity contribution in [2.45, 2.75) is 0 Å². The Labute approximate surface area is 137 Å². The number of halogens is 1. The van der Waals surface area contributed by atoms with Crippen LogP contribution in [0.4, 0.5) is 0 Å². The maximum atomic E-state index is 5.91. The largest absolute Gasteiger partial charge is 0.456 e. The van der Waals surface area contributed by atoms with Crippen LogP contribution >= 0.6 is 15.9 Å². The van der Waals surface area contributed by atoms with Crippen molar-refractivity contribution in [1.82, 2.24) is 0 Å². The van der Waals surface area contributed by atoms with Crippen LogP contribution in [0, 0.1) is 0 Å². The Morgan fingerprint density at radius 2 is 1.36 bits per heavy atom. The van der Waals surface area contributed by atoms with Crippen LogP contribution in [0.25, 0.3) is 33.4 Å². The minimum Gasteiger partial charge on any atom is -0.456 e. The van der Waals surface area contributed by atoms with E-state index in [-0.39, 0.29) is 0 Å². The Morgan fingerprint density at radius 3 is 2.14 bits per heavy atom. The van der Waals surface area contributed by atoms with Crippen molar-refractivity contribution >= 4 is 26.9 Å². The van der Waals surface area contributed by atoms with E-state index in [0.29, 0.717) is 0 Å². The predicted octanol–water partition coefficient (Wildman–Crippen LogP) is 6.53. The molecule has 1 nitrogen and oxygen atoms in total. The second kappa shape index (κ2) is 5.47. The molecule has 2 heteroatoms. The Kier molecular flexibility index (Phi) is 3.32. The van der Waals surface area contributed by atoms with Crippen LogP contribution in [0.3, 0.4) is 0 Å². The fourth-order valence-electron chi connectivity index (χ4n) is 2.63. The van der Waals surface area contributed by atoms with Gasteiger partial charge in [0, 0.05) is 15.4 Å². The summed E-state index contributed by atoms with van der Waals surface area (Å²) in [6.07, 6.45) is 0. The van der Waals surface area contributed by atoms with Crippen molar-refractivity contribution in [2.75, 3.05) is 0 Å². The average molecular weight is 349 g/mol. The normalized spacial score (nSPS) is 11.0. The number of benzene rings is 3. The highest BCUT2D eigenvalue weighted by molar-refractivity contribution is 9.10. The van der Waals surface area contributed by atoms with Crippen LogP contribution in [-0.2, 0) is 0 Å². The molecule has 0 N–H and O–H groups in total. The van der Waals surface area contributed by atoms with Gasteiger partial charge in [0.2, 0.25) is 0 Å². The van der Waals surface area contributed by atoms with E-state index in [4.69, 9.17) is 4.42 Å². The smallest absolute Gasteiger partial charge is 0.135 e. The molecule has 22 heavy (non-hydrogen) atoms. The highest BCUT2D eigenvalue weighted by Crippen LogP contribution is 2.32. The van der Waals surface area contributed by atoms with Crippen molar-refractivity contribution in [1.29, 1.82) is 0 Å². The van der Waals surface area contributed by atoms with Crippen molar-refractivity contribution in [3.05, 3.63) is 83.3 Å². The minimum absolute atomic E-state index is 0.903. The van der Waals surface area contributed by atoms with Gasteiger partial charge in [-0.1, -0.05) is 76.6 Å². The fraction of sp³-hybridized carbons (Fsp3) is 0. The lowest BCUT2D eigenvalue weighted by atomic mass is 10.0. The van der Waals surface area contributed by atoms with Crippen LogP contribution in [0.1, 0.15) is 0 Å². The molecule has 0 radical (unpaired) electrons. The molecule has 0 atom stereocenters. The zero-order valence-electron chi connectivity index (χ0n) is 11.8. The second-order valence-corrected chi connectivity index (χ2v) is 6.06. The summed E-state index contributed by atoms with van der Waals surface area (Å²) in [4.78, 5) is 0. The number of fused-ring (bicyclic) bond motifs is 1. The molecule has 0 bridgehead atoms. The van der Waals surface area contributed by atoms with E-state index in [0.717, 1.165) is 26.8 Å². The first-order valence-electron chi connectivity index (χ1n) is 7.15. The van der Waals surface area contributed by atoms with Crippen molar-refractivity contribution in [3.63, 3.8) is 0 Å². The molecular weight excluding hydrogens is 336 g/mol. The Hall–Kier alpha value is -2.32. The molecule has 0 aliphatic carbocycles. The summed E-state index contributed by atoms with van der Waals surface area (Å²) in [7, 11) is 0. The predicted molar refractivity (Wildman–Crippen MR) is 94.8 cm³/mol. The van der Waals surface area contributed by atoms with Gasteiger partial charge in [-0.2, -0.15) is 0 Å². The lowest BCUT2D eigenvalue weighted by molar-refractivity contribution is 0.631. The first-order valence-corrected chi connectivity index (χ1v) is 7.94. The first kappa shape index (κ1) is 13.4. The molecule has 0 unspecified atom stereocenters. The summed E-state index contributed by atoms with van der Waals surface area (Å²) in [6.45, 7) is 0. The monoisotopic (exact) mass is 348 g/mol. The molecule has 106 valence electrons. The highest BCUT2D eigenvalue weighted by atomic mass is 79.9. The Bertz CT molecular complexity index is 902. The maximum Gasteiger partial charge on any atom is 0.135 e. The van der Waals surface area contributed by atoms with Gasteiger partial charge in [0.15, 0.2) is 0 Å². The molecule has 1 heterocycles. The molecule has 0 amide bonds. The van der Waals surface area contributed by atoms with Gasteiger partial charge in [0.1, 0.15) is 11.3 Å². The summed E-state index contributed by atoms with van der Waals surface area (Å²) in [5.74, 6) is 0.903. The molecular formula is C20H13BrO. The van der Waals surface area contributed by atoms with Gasteiger partial charge in [0.05, 0.1) is 0 Å². The van der Waals surface area contributed by atoms with Crippen LogP contribution in [0.5, 0.6) is 0 Å². The third-order valence-electron chi connectivity index (χ3n) is 3.78. The molecule has 1 aromatic heterocycles. The summed E-state index contributed by atoms with van der Waals surface area (Å²) < 4.78 is 7.02. The van der Waals surface area contributed by atoms with Crippen molar-refractivity contribution in [2.24, 2.45) is 0 Å². The van der Waals surface area contributed by atoms with Gasteiger partial charge in [0.25, 0.3) is 0 Å². The summed E-state index contributed by atoms with van der Waals surface area (Å²) in [6, 6.07) is 26.9. The highest BCUT2D eigenvalue weighted by Gasteiger charge is 2.07. The van der Waals surface area contributed by atoms with E-state index >= 15 is 0 Å². The van der Waals surface area contributed by atoms with Crippen LogP contribution in [0.15, 0.2) is 87.8 Å². The topological polar surface area (TPSA) is 13.1 Å². The van der Waals surface area contributed by atoms with Gasteiger partial charge in [-0.25, -0.2) is 0 Å². The van der Waals surface area contributed by atoms with E-state index in [1.54, 1.807) is 0 Å². The zero-order valence-corrected chi connectivity index (χ0v) is 13.4. The minimum atomic E-state index is 0.903. The maximum absolute atomic E-state index is 5.91. The third kappa shape index (κ3) is 2.36. The van der Waals surface area contributed by atoms with Crippen LogP contribution < -0.4 is 0 Å². The van der Waals surface area contributed by atoms with E-state index in [2.05, 4.69) is 64.5 Å². The van der Waals surface area contributed by atoms with E-state index in [1.165, 1.54) is 11.1 Å². The second-order valence-electron chi connectivity index (χ2n) is 5.21. The molecule has 4 aromatic rings. The Balaban J connectivity index is 1.74. The number of hydrogen-bond donors (Lipinski definition) is 0. The molecule has 4 rings (SSSR count). The first-order chi connectivity index (χ1) is 10.8. The number of hydrogen-bond acceptors (Lipinski definition) is 1. The number of rotatable bonds is 2. The molecule has 0 aliphatic rings. The lowest BCUT2D eigenvalue weighted by Gasteiger charge is -2.05. The molecule has 0 saturated carbocycles. The number of furan rings is 1. The van der Waals surface area contributed by atoms with Crippen LogP contribution in [-0.4, -0.2) is 0 Å². The molecule has 0 saturated heterocycles. The Morgan fingerprint density at radius 1 is 0.682 bits per heavy atom. The van der Waals surface area contributed by atoms with Gasteiger partial charge >= 0.3 is 0 Å². The standard InChI is InChI=1S/C20H13BrO/c21-18-7-3-2-6-17(18)14-9-11-15(12-10-14)20-13-16-5-1-4-8-19(16)22-20/h1-13H. The molecule has 0 spiro atoms. The van der Waals surface area contributed by atoms with Gasteiger partial charge < -0.3 is 4.42 Å². The SMILES string of the molecule is Brc1ccccc1-c1ccc(-c2cc3ccccc3o2)cc1.